The van der Waals surface area contributed by atoms with Crippen molar-refractivity contribution in [2.45, 2.75) is 52.4 Å². The molecule has 0 bridgehead atoms. The normalized spacial score (nSPS) is 14.6. The van der Waals surface area contributed by atoms with E-state index in [1.807, 2.05) is 0 Å². The highest BCUT2D eigenvalue weighted by Crippen LogP contribution is 2.07. The maximum Gasteiger partial charge on any atom is 0.407 e. The molecule has 0 radical (unpaired) electrons. The fraction of sp³-hybridized carbons (Fsp3) is 0.833. The summed E-state index contributed by atoms with van der Waals surface area (Å²) < 4.78 is 5.07. The lowest BCUT2D eigenvalue weighted by molar-refractivity contribution is -0.128. The first-order chi connectivity index (χ1) is 8.03. The molecule has 2 unspecified atom stereocenters. The molecule has 0 saturated carbocycles. The van der Waals surface area contributed by atoms with Gasteiger partial charge in [0.2, 0.25) is 5.91 Å². The highest BCUT2D eigenvalue weighted by molar-refractivity contribution is 5.72. The molecule has 6 heteroatoms. The van der Waals surface area contributed by atoms with Gasteiger partial charge in [-0.05, 0) is 27.7 Å². The van der Waals surface area contributed by atoms with E-state index in [0.29, 0.717) is 0 Å². The second-order valence-electron chi connectivity index (χ2n) is 5.40. The summed E-state index contributed by atoms with van der Waals surface area (Å²) >= 11 is 0. The van der Waals surface area contributed by atoms with Crippen LogP contribution >= 0.6 is 0 Å². The third kappa shape index (κ3) is 7.11. The summed E-state index contributed by atoms with van der Waals surface area (Å²) in [5.74, 6) is -0.140. The Bertz CT molecular complexity index is 299. The molecule has 6 nitrogen and oxygen atoms in total. The number of likely N-dealkylation sites (N-methyl/N-ethyl adjacent to an activating group) is 1. The van der Waals surface area contributed by atoms with Crippen molar-refractivity contribution < 1.29 is 19.4 Å². The number of aliphatic hydroxyl groups excluding tert-OH is 1. The minimum Gasteiger partial charge on any atom is -0.444 e. The van der Waals surface area contributed by atoms with Gasteiger partial charge in [0.15, 0.2) is 0 Å². The number of amides is 2. The van der Waals surface area contributed by atoms with Crippen molar-refractivity contribution in [2.24, 2.45) is 0 Å². The number of alkyl carbamates (subject to hydrolysis) is 1. The van der Waals surface area contributed by atoms with E-state index >= 15 is 0 Å². The number of hydrogen-bond donors (Lipinski definition) is 2. The van der Waals surface area contributed by atoms with Gasteiger partial charge in [0, 0.05) is 20.5 Å². The molecule has 0 aromatic rings. The van der Waals surface area contributed by atoms with Crippen LogP contribution in [0.4, 0.5) is 4.79 Å². The van der Waals surface area contributed by atoms with Crippen LogP contribution in [0.1, 0.15) is 34.6 Å². The second kappa shape index (κ2) is 6.58. The predicted octanol–water partition coefficient (Wildman–Crippen LogP) is 0.739. The number of aliphatic hydroxyl groups is 1. The molecule has 0 aromatic heterocycles. The zero-order valence-corrected chi connectivity index (χ0v) is 12.0. The van der Waals surface area contributed by atoms with Crippen LogP contribution in [0.3, 0.4) is 0 Å². The van der Waals surface area contributed by atoms with E-state index in [1.54, 1.807) is 34.7 Å². The molecule has 106 valence electrons. The van der Waals surface area contributed by atoms with Gasteiger partial charge in [-0.2, -0.15) is 0 Å². The second-order valence-corrected chi connectivity index (χ2v) is 5.40. The van der Waals surface area contributed by atoms with E-state index < -0.39 is 23.8 Å². The van der Waals surface area contributed by atoms with Crippen LogP contribution in [0.5, 0.6) is 0 Å². The van der Waals surface area contributed by atoms with E-state index in [1.165, 1.54) is 11.8 Å². The number of nitrogens with zero attached hydrogens (tertiary/aromatic N) is 1. The van der Waals surface area contributed by atoms with Gasteiger partial charge in [0.25, 0.3) is 0 Å². The van der Waals surface area contributed by atoms with Crippen molar-refractivity contribution >= 4 is 12.0 Å². The summed E-state index contributed by atoms with van der Waals surface area (Å²) in [4.78, 5) is 23.9. The third-order valence-corrected chi connectivity index (χ3v) is 2.32. The zero-order chi connectivity index (χ0) is 14.5. The van der Waals surface area contributed by atoms with Crippen molar-refractivity contribution in [3.63, 3.8) is 0 Å². The summed E-state index contributed by atoms with van der Waals surface area (Å²) in [6, 6.07) is -0.498. The summed E-state index contributed by atoms with van der Waals surface area (Å²) in [7, 11) is 1.59. The van der Waals surface area contributed by atoms with Gasteiger partial charge in [-0.1, -0.05) is 0 Å². The Morgan fingerprint density at radius 2 is 1.89 bits per heavy atom. The minimum atomic E-state index is -0.841. The first kappa shape index (κ1) is 16.7. The molecular formula is C12H24N2O4. The molecule has 0 aliphatic rings. The Labute approximate surface area is 108 Å². The van der Waals surface area contributed by atoms with Crippen LogP contribution in [0, 0.1) is 0 Å². The highest BCUT2D eigenvalue weighted by Gasteiger charge is 2.22. The summed E-state index contributed by atoms with van der Waals surface area (Å²) in [5.41, 5.74) is -0.578. The number of hydrogen-bond acceptors (Lipinski definition) is 4. The van der Waals surface area contributed by atoms with Crippen LogP contribution in [0.25, 0.3) is 0 Å². The molecule has 0 aliphatic heterocycles. The van der Waals surface area contributed by atoms with E-state index in [2.05, 4.69) is 5.32 Å². The van der Waals surface area contributed by atoms with Gasteiger partial charge in [0.05, 0.1) is 12.1 Å². The van der Waals surface area contributed by atoms with Crippen LogP contribution in [0.15, 0.2) is 0 Å². The smallest absolute Gasteiger partial charge is 0.407 e. The fourth-order valence-corrected chi connectivity index (χ4v) is 1.16. The van der Waals surface area contributed by atoms with Crippen molar-refractivity contribution in [1.29, 1.82) is 0 Å². The Hall–Kier alpha value is -1.30. The third-order valence-electron chi connectivity index (χ3n) is 2.32. The van der Waals surface area contributed by atoms with Crippen molar-refractivity contribution in [3.8, 4) is 0 Å². The van der Waals surface area contributed by atoms with Crippen molar-refractivity contribution in [2.75, 3.05) is 13.6 Å². The van der Waals surface area contributed by atoms with Crippen molar-refractivity contribution in [3.05, 3.63) is 0 Å². The molecule has 0 aromatic carbocycles. The molecule has 0 saturated heterocycles. The van der Waals surface area contributed by atoms with E-state index in [9.17, 15) is 14.7 Å². The first-order valence-corrected chi connectivity index (χ1v) is 5.92. The molecule has 2 amide bonds. The Morgan fingerprint density at radius 1 is 1.39 bits per heavy atom. The van der Waals surface area contributed by atoms with Crippen LogP contribution in [-0.2, 0) is 9.53 Å². The highest BCUT2D eigenvalue weighted by atomic mass is 16.6. The summed E-state index contributed by atoms with van der Waals surface area (Å²) in [5, 5.41) is 12.4. The average Bonchev–Trinajstić information content (AvgIpc) is 2.13. The maximum atomic E-state index is 11.5. The lowest BCUT2D eigenvalue weighted by atomic mass is 10.2. The number of carbonyl (C=O) groups is 2. The number of nitrogens with one attached hydrogen (secondary N) is 1. The molecule has 0 aliphatic carbocycles. The van der Waals surface area contributed by atoms with Gasteiger partial charge in [-0.15, -0.1) is 0 Å². The monoisotopic (exact) mass is 260 g/mol. The molecule has 0 fully saturated rings. The SMILES string of the molecule is CC(=O)N(C)CC(O)C(C)NC(=O)OC(C)(C)C. The molecule has 0 heterocycles. The maximum absolute atomic E-state index is 11.5. The summed E-state index contributed by atoms with van der Waals surface area (Å²) in [6.07, 6.45) is -1.43. The topological polar surface area (TPSA) is 78.9 Å². The predicted molar refractivity (Wildman–Crippen MR) is 68.1 cm³/mol. The quantitative estimate of drug-likeness (QED) is 0.781. The van der Waals surface area contributed by atoms with Gasteiger partial charge in [-0.25, -0.2) is 4.79 Å². The molecule has 0 spiro atoms. The van der Waals surface area contributed by atoms with Gasteiger partial charge >= 0.3 is 6.09 Å². The van der Waals surface area contributed by atoms with Gasteiger partial charge in [0.1, 0.15) is 5.60 Å². The first-order valence-electron chi connectivity index (χ1n) is 5.92. The van der Waals surface area contributed by atoms with Crippen molar-refractivity contribution in [1.82, 2.24) is 10.2 Å². The largest absolute Gasteiger partial charge is 0.444 e. The molecular weight excluding hydrogens is 236 g/mol. The number of rotatable bonds is 4. The van der Waals surface area contributed by atoms with Gasteiger partial charge in [-0.3, -0.25) is 4.79 Å². The number of carbonyl (C=O) groups excluding carboxylic acids is 2. The molecule has 2 N–H and O–H groups in total. The Kier molecular flexibility index (Phi) is 6.11. The lowest BCUT2D eigenvalue weighted by Gasteiger charge is -2.26. The number of ether oxygens (including phenoxy) is 1. The fourth-order valence-electron chi connectivity index (χ4n) is 1.16. The molecule has 0 rings (SSSR count). The van der Waals surface area contributed by atoms with E-state index in [0.717, 1.165) is 0 Å². The van der Waals surface area contributed by atoms with Crippen LogP contribution in [0.2, 0.25) is 0 Å². The van der Waals surface area contributed by atoms with Gasteiger partial charge < -0.3 is 20.1 Å². The average molecular weight is 260 g/mol. The minimum absolute atomic E-state index is 0.140. The van der Waals surface area contributed by atoms with Crippen LogP contribution in [-0.4, -0.2) is 53.3 Å². The molecule has 18 heavy (non-hydrogen) atoms. The van der Waals surface area contributed by atoms with E-state index in [4.69, 9.17) is 4.74 Å². The van der Waals surface area contributed by atoms with Crippen LogP contribution < -0.4 is 5.32 Å². The van der Waals surface area contributed by atoms with E-state index in [-0.39, 0.29) is 12.5 Å². The zero-order valence-electron chi connectivity index (χ0n) is 12.0. The Balaban J connectivity index is 4.19. The lowest BCUT2D eigenvalue weighted by Crippen LogP contribution is -2.48. The standard InChI is InChI=1S/C12H24N2O4/c1-8(10(16)7-14(6)9(2)15)13-11(17)18-12(3,4)5/h8,10,16H,7H2,1-6H3,(H,13,17). The Morgan fingerprint density at radius 3 is 2.28 bits per heavy atom. The molecule has 2 atom stereocenters. The summed E-state index contributed by atoms with van der Waals surface area (Å²) in [6.45, 7) is 8.51.